The summed E-state index contributed by atoms with van der Waals surface area (Å²) in [5.41, 5.74) is 13.6. The summed E-state index contributed by atoms with van der Waals surface area (Å²) in [5, 5.41) is 0. The third-order valence-electron chi connectivity index (χ3n) is 0.822. The van der Waals surface area contributed by atoms with Crippen LogP contribution in [0.3, 0.4) is 0 Å². The summed E-state index contributed by atoms with van der Waals surface area (Å²) in [6, 6.07) is 0. The molecule has 0 aliphatic carbocycles. The van der Waals surface area contributed by atoms with E-state index in [0.717, 1.165) is 6.42 Å². The number of hydrazine groups is 2. The van der Waals surface area contributed by atoms with E-state index in [1.165, 1.54) is 0 Å². The minimum Gasteiger partial charge on any atom is -0.315 e. The Hall–Kier alpha value is -0.160. The molecule has 0 amide bonds. The molecule has 0 radical (unpaired) electrons. The van der Waals surface area contributed by atoms with E-state index < -0.39 is 0 Å². The van der Waals surface area contributed by atoms with Crippen molar-refractivity contribution in [3.05, 3.63) is 0 Å². The first-order chi connectivity index (χ1) is 3.81. The van der Waals surface area contributed by atoms with Crippen LogP contribution in [0.15, 0.2) is 0 Å². The molecule has 1 atom stereocenters. The molecule has 0 aromatic rings. The minimum absolute atomic E-state index is 0.0300. The molecule has 1 unspecified atom stereocenters. The Bertz CT molecular complexity index is 47.3. The van der Waals surface area contributed by atoms with Gasteiger partial charge in [0.05, 0.1) is 6.17 Å². The number of rotatable bonds is 4. The molecule has 0 heterocycles. The largest absolute Gasteiger partial charge is 0.315 e. The first-order valence-corrected chi connectivity index (χ1v) is 2.74. The van der Waals surface area contributed by atoms with Crippen molar-refractivity contribution < 1.29 is 0 Å². The molecule has 0 aliphatic heterocycles. The highest BCUT2D eigenvalue weighted by molar-refractivity contribution is 4.47. The summed E-state index contributed by atoms with van der Waals surface area (Å²) in [6.45, 7) is 2.01. The van der Waals surface area contributed by atoms with Crippen molar-refractivity contribution in [2.24, 2.45) is 5.73 Å². The molecule has 0 aromatic heterocycles. The van der Waals surface area contributed by atoms with Gasteiger partial charge in [-0.1, -0.05) is 6.92 Å². The van der Waals surface area contributed by atoms with Gasteiger partial charge < -0.3 is 5.73 Å². The molecule has 0 aliphatic rings. The third-order valence-corrected chi connectivity index (χ3v) is 0.822. The molecular formula is C4H14N4. The molecule has 0 rings (SSSR count). The lowest BCUT2D eigenvalue weighted by molar-refractivity contribution is 0.389. The third kappa shape index (κ3) is 4.01. The molecule has 50 valence electrons. The Morgan fingerprint density at radius 1 is 1.62 bits per heavy atom. The van der Waals surface area contributed by atoms with Crippen LogP contribution >= 0.6 is 0 Å². The molecule has 0 saturated heterocycles. The Labute approximate surface area is 49.8 Å². The predicted octanol–water partition coefficient (Wildman–Crippen LogP) is -1.09. The number of hydrogen-bond acceptors (Lipinski definition) is 4. The molecule has 8 heavy (non-hydrogen) atoms. The summed E-state index contributed by atoms with van der Waals surface area (Å²) >= 11 is 0. The van der Waals surface area contributed by atoms with Gasteiger partial charge in [-0.15, -0.1) is 0 Å². The molecule has 0 aromatic carbocycles. The average Bonchev–Trinajstić information content (AvgIpc) is 1.83. The number of nitrogens with one attached hydrogen (secondary N) is 3. The zero-order chi connectivity index (χ0) is 6.41. The quantitative estimate of drug-likeness (QED) is 0.280. The highest BCUT2D eigenvalue weighted by Crippen LogP contribution is 1.73. The van der Waals surface area contributed by atoms with E-state index in [-0.39, 0.29) is 6.17 Å². The summed E-state index contributed by atoms with van der Waals surface area (Å²) in [7, 11) is 1.77. The fraction of sp³-hybridized carbons (Fsp3) is 1.00. The van der Waals surface area contributed by atoms with Crippen LogP contribution in [0.1, 0.15) is 13.3 Å². The van der Waals surface area contributed by atoms with Crippen LogP contribution < -0.4 is 22.1 Å². The Kier molecular flexibility index (Phi) is 4.89. The molecule has 5 N–H and O–H groups in total. The van der Waals surface area contributed by atoms with Gasteiger partial charge in [0.1, 0.15) is 0 Å². The van der Waals surface area contributed by atoms with Crippen molar-refractivity contribution in [1.29, 1.82) is 0 Å². The molecule has 0 spiro atoms. The molecule has 0 bridgehead atoms. The van der Waals surface area contributed by atoms with Gasteiger partial charge in [0.15, 0.2) is 0 Å². The predicted molar refractivity (Wildman–Crippen MR) is 33.6 cm³/mol. The molecule has 4 heteroatoms. The number of hydrogen-bond donors (Lipinski definition) is 4. The fourth-order valence-corrected chi connectivity index (χ4v) is 0.267. The second kappa shape index (κ2) is 4.99. The van der Waals surface area contributed by atoms with Gasteiger partial charge in [0, 0.05) is 0 Å². The van der Waals surface area contributed by atoms with E-state index in [9.17, 15) is 0 Å². The van der Waals surface area contributed by atoms with Crippen molar-refractivity contribution in [3.63, 3.8) is 0 Å². The Morgan fingerprint density at radius 3 is 2.62 bits per heavy atom. The van der Waals surface area contributed by atoms with Gasteiger partial charge in [0.2, 0.25) is 0 Å². The van der Waals surface area contributed by atoms with Crippen LogP contribution in [0.4, 0.5) is 0 Å². The first-order valence-electron chi connectivity index (χ1n) is 2.74. The van der Waals surface area contributed by atoms with Crippen LogP contribution in [-0.2, 0) is 0 Å². The van der Waals surface area contributed by atoms with Crippen molar-refractivity contribution in [2.45, 2.75) is 19.5 Å². The zero-order valence-electron chi connectivity index (χ0n) is 5.36. The van der Waals surface area contributed by atoms with Gasteiger partial charge in [-0.3, -0.25) is 0 Å². The monoisotopic (exact) mass is 118 g/mol. The van der Waals surface area contributed by atoms with Gasteiger partial charge in [-0.2, -0.15) is 5.53 Å². The van der Waals surface area contributed by atoms with Crippen molar-refractivity contribution >= 4 is 0 Å². The Morgan fingerprint density at radius 2 is 2.25 bits per heavy atom. The Balaban J connectivity index is 2.86. The smallest absolute Gasteiger partial charge is 0.0689 e. The van der Waals surface area contributed by atoms with Gasteiger partial charge in [-0.25, -0.2) is 10.9 Å². The maximum Gasteiger partial charge on any atom is 0.0689 e. The van der Waals surface area contributed by atoms with Gasteiger partial charge >= 0.3 is 0 Å². The lowest BCUT2D eigenvalue weighted by Gasteiger charge is -2.10. The van der Waals surface area contributed by atoms with E-state index in [4.69, 9.17) is 5.73 Å². The lowest BCUT2D eigenvalue weighted by Crippen LogP contribution is -2.50. The highest BCUT2D eigenvalue weighted by atomic mass is 15.6. The van der Waals surface area contributed by atoms with Crippen LogP contribution in [0, 0.1) is 0 Å². The molecule has 0 saturated carbocycles. The van der Waals surface area contributed by atoms with E-state index >= 15 is 0 Å². The van der Waals surface area contributed by atoms with Crippen molar-refractivity contribution in [1.82, 2.24) is 16.4 Å². The van der Waals surface area contributed by atoms with Gasteiger partial charge in [0.25, 0.3) is 0 Å². The maximum atomic E-state index is 5.45. The maximum absolute atomic E-state index is 5.45. The van der Waals surface area contributed by atoms with Crippen LogP contribution in [0.2, 0.25) is 0 Å². The second-order valence-electron chi connectivity index (χ2n) is 1.53. The van der Waals surface area contributed by atoms with Crippen LogP contribution in [0.25, 0.3) is 0 Å². The second-order valence-corrected chi connectivity index (χ2v) is 1.53. The summed E-state index contributed by atoms with van der Waals surface area (Å²) in [6.07, 6.45) is 0.941. The van der Waals surface area contributed by atoms with Crippen LogP contribution in [-0.4, -0.2) is 13.2 Å². The summed E-state index contributed by atoms with van der Waals surface area (Å²) in [4.78, 5) is 0. The number of nitrogens with two attached hydrogens (primary N) is 1. The molecular weight excluding hydrogens is 104 g/mol. The summed E-state index contributed by atoms with van der Waals surface area (Å²) in [5.74, 6) is 0. The zero-order valence-corrected chi connectivity index (χ0v) is 5.36. The van der Waals surface area contributed by atoms with E-state index in [2.05, 4.69) is 16.4 Å². The normalized spacial score (nSPS) is 13.9. The first kappa shape index (κ1) is 7.84. The summed E-state index contributed by atoms with van der Waals surface area (Å²) < 4.78 is 0. The lowest BCUT2D eigenvalue weighted by atomic mass is 10.4. The van der Waals surface area contributed by atoms with Crippen molar-refractivity contribution in [3.8, 4) is 0 Å². The topological polar surface area (TPSA) is 62.1 Å². The van der Waals surface area contributed by atoms with E-state index in [1.54, 1.807) is 7.05 Å². The molecule has 0 fully saturated rings. The highest BCUT2D eigenvalue weighted by Gasteiger charge is 1.91. The van der Waals surface area contributed by atoms with E-state index in [1.807, 2.05) is 6.92 Å². The standard InChI is InChI=1S/C4H14N4/c1-3-4(5)7-8-6-2/h4,6-8H,3,5H2,1-2H3. The average molecular weight is 118 g/mol. The minimum atomic E-state index is 0.0300. The fourth-order valence-electron chi connectivity index (χ4n) is 0.267. The molecule has 4 nitrogen and oxygen atoms in total. The van der Waals surface area contributed by atoms with Crippen molar-refractivity contribution in [2.75, 3.05) is 7.05 Å². The van der Waals surface area contributed by atoms with E-state index in [0.29, 0.717) is 0 Å². The SMILES string of the molecule is CCC(N)NNNC. The van der Waals surface area contributed by atoms with Gasteiger partial charge in [-0.05, 0) is 13.5 Å². The van der Waals surface area contributed by atoms with Crippen LogP contribution in [0.5, 0.6) is 0 Å².